The Bertz CT molecular complexity index is 1490. The quantitative estimate of drug-likeness (QED) is 0.331. The summed E-state index contributed by atoms with van der Waals surface area (Å²) in [5, 5.41) is 8.43. The number of anilines is 3. The number of hydrogen-bond donors (Lipinski definition) is 2. The molecule has 0 saturated heterocycles. The van der Waals surface area contributed by atoms with Crippen molar-refractivity contribution in [2.24, 2.45) is 0 Å². The minimum Gasteiger partial charge on any atom is -0.490 e. The van der Waals surface area contributed by atoms with Gasteiger partial charge in [-0.15, -0.1) is 0 Å². The van der Waals surface area contributed by atoms with Crippen LogP contribution in [0.4, 0.5) is 17.2 Å². The van der Waals surface area contributed by atoms with Crippen LogP contribution in [0.15, 0.2) is 61.3 Å². The van der Waals surface area contributed by atoms with E-state index < -0.39 is 0 Å². The Hall–Kier alpha value is -4.24. The lowest BCUT2D eigenvalue weighted by Crippen LogP contribution is -2.19. The Kier molecular flexibility index (Phi) is 6.15. The van der Waals surface area contributed by atoms with Crippen molar-refractivity contribution in [3.8, 4) is 5.75 Å². The van der Waals surface area contributed by atoms with Gasteiger partial charge in [-0.1, -0.05) is 6.07 Å². The zero-order valence-electron chi connectivity index (χ0n) is 20.1. The highest BCUT2D eigenvalue weighted by Gasteiger charge is 2.11. The van der Waals surface area contributed by atoms with Gasteiger partial charge < -0.3 is 20.7 Å². The van der Waals surface area contributed by atoms with E-state index in [1.807, 2.05) is 32.4 Å². The fraction of sp³-hybridized carbons (Fsp3) is 0.231. The summed E-state index contributed by atoms with van der Waals surface area (Å²) in [5.41, 5.74) is 13.0. The number of aryl methyl sites for hydroxylation is 1. The monoisotopic (exact) mass is 468 g/mol. The average Bonchev–Trinajstić information content (AvgIpc) is 3.29. The van der Waals surface area contributed by atoms with Crippen LogP contribution >= 0.6 is 0 Å². The van der Waals surface area contributed by atoms with E-state index in [1.165, 1.54) is 16.7 Å². The van der Waals surface area contributed by atoms with E-state index in [2.05, 4.69) is 67.5 Å². The van der Waals surface area contributed by atoms with Crippen LogP contribution in [0.1, 0.15) is 16.7 Å². The van der Waals surface area contributed by atoms with Crippen molar-refractivity contribution < 1.29 is 4.74 Å². The molecule has 5 aromatic rings. The molecule has 3 heterocycles. The van der Waals surface area contributed by atoms with Gasteiger partial charge in [-0.05, 0) is 74.5 Å². The van der Waals surface area contributed by atoms with E-state index in [4.69, 9.17) is 10.5 Å². The molecule has 0 bridgehead atoms. The van der Waals surface area contributed by atoms with Crippen molar-refractivity contribution >= 4 is 33.7 Å². The number of hydrogen-bond acceptors (Lipinski definition) is 8. The molecular weight excluding hydrogens is 440 g/mol. The molecule has 0 aliphatic heterocycles. The van der Waals surface area contributed by atoms with Gasteiger partial charge in [0.2, 0.25) is 0 Å². The Morgan fingerprint density at radius 2 is 1.91 bits per heavy atom. The largest absolute Gasteiger partial charge is 0.490 e. The lowest BCUT2D eigenvalue weighted by Gasteiger charge is -2.15. The summed E-state index contributed by atoms with van der Waals surface area (Å²) in [7, 11) is 4.01. The van der Waals surface area contributed by atoms with Crippen molar-refractivity contribution in [2.75, 3.05) is 38.3 Å². The van der Waals surface area contributed by atoms with Gasteiger partial charge in [0.05, 0.1) is 11.2 Å². The summed E-state index contributed by atoms with van der Waals surface area (Å²) in [6.07, 6.45) is 5.87. The molecule has 0 amide bonds. The molecule has 0 unspecified atom stereocenters. The highest BCUT2D eigenvalue weighted by Crippen LogP contribution is 2.32. The minimum absolute atomic E-state index is 0.553. The van der Waals surface area contributed by atoms with E-state index in [9.17, 15) is 0 Å². The molecule has 0 radical (unpaired) electrons. The van der Waals surface area contributed by atoms with Crippen LogP contribution in [0.5, 0.6) is 5.75 Å². The third kappa shape index (κ3) is 4.99. The molecule has 9 nitrogen and oxygen atoms in total. The van der Waals surface area contributed by atoms with Crippen LogP contribution in [0.2, 0.25) is 0 Å². The zero-order chi connectivity index (χ0) is 24.4. The highest BCUT2D eigenvalue weighted by atomic mass is 16.5. The normalized spacial score (nSPS) is 11.4. The van der Waals surface area contributed by atoms with Gasteiger partial charge in [0.25, 0.3) is 0 Å². The lowest BCUT2D eigenvalue weighted by atomic mass is 10.0. The number of fused-ring (bicyclic) bond motifs is 2. The number of pyridine rings is 1. The van der Waals surface area contributed by atoms with Crippen LogP contribution in [0.25, 0.3) is 16.6 Å². The van der Waals surface area contributed by atoms with Gasteiger partial charge in [0.1, 0.15) is 30.8 Å². The molecule has 9 heteroatoms. The van der Waals surface area contributed by atoms with Crippen molar-refractivity contribution in [1.29, 1.82) is 0 Å². The predicted octanol–water partition coefficient (Wildman–Crippen LogP) is 3.84. The molecule has 0 saturated carbocycles. The van der Waals surface area contributed by atoms with Crippen molar-refractivity contribution in [2.45, 2.75) is 13.3 Å². The summed E-state index contributed by atoms with van der Waals surface area (Å²) < 4.78 is 7.62. The number of likely N-dealkylation sites (N-methyl/N-ethyl adjacent to an activating group) is 1. The van der Waals surface area contributed by atoms with E-state index >= 15 is 0 Å². The number of nitrogens with one attached hydrogen (secondary N) is 1. The second kappa shape index (κ2) is 9.55. The molecule has 0 atom stereocenters. The highest BCUT2D eigenvalue weighted by molar-refractivity contribution is 5.94. The second-order valence-electron chi connectivity index (χ2n) is 8.82. The van der Waals surface area contributed by atoms with Crippen molar-refractivity contribution in [3.05, 3.63) is 78.0 Å². The summed E-state index contributed by atoms with van der Waals surface area (Å²) in [6, 6.07) is 14.2. The van der Waals surface area contributed by atoms with E-state index in [0.717, 1.165) is 35.2 Å². The van der Waals surface area contributed by atoms with E-state index in [-0.39, 0.29) is 0 Å². The predicted molar refractivity (Wildman–Crippen MR) is 138 cm³/mol. The Morgan fingerprint density at radius 3 is 2.74 bits per heavy atom. The fourth-order valence-electron chi connectivity index (χ4n) is 3.96. The summed E-state index contributed by atoms with van der Waals surface area (Å²) in [5.74, 6) is 1.33. The molecule has 3 aromatic heterocycles. The van der Waals surface area contributed by atoms with Crippen molar-refractivity contribution in [3.63, 3.8) is 0 Å². The number of nitrogens with two attached hydrogens (primary N) is 1. The maximum Gasteiger partial charge on any atom is 0.155 e. The maximum atomic E-state index is 6.28. The minimum atomic E-state index is 0.553. The summed E-state index contributed by atoms with van der Waals surface area (Å²) in [4.78, 5) is 15.2. The van der Waals surface area contributed by atoms with E-state index in [0.29, 0.717) is 23.9 Å². The number of nitrogen functional groups attached to an aromatic ring is 1. The Morgan fingerprint density at radius 1 is 1.03 bits per heavy atom. The Labute approximate surface area is 203 Å². The molecule has 2 aromatic carbocycles. The summed E-state index contributed by atoms with van der Waals surface area (Å²) in [6.45, 7) is 3.47. The molecule has 0 aliphatic carbocycles. The molecule has 0 fully saturated rings. The molecule has 0 spiro atoms. The third-order valence-corrected chi connectivity index (χ3v) is 5.91. The standard InChI is InChI=1S/C26H28N8O/c1-17-10-20(5-4-19(17)11-18-6-7-34-25(12-18)29-16-31-34)32-26-21-13-22(27)24(35-9-8-33(2)3)14-23(21)28-15-30-26/h4-7,10,12-16H,8-9,11,27H2,1-3H3,(H,28,30,32). The van der Waals surface area contributed by atoms with Crippen LogP contribution < -0.4 is 15.8 Å². The topological polar surface area (TPSA) is 106 Å². The van der Waals surface area contributed by atoms with Gasteiger partial charge in [-0.3, -0.25) is 0 Å². The zero-order valence-corrected chi connectivity index (χ0v) is 20.1. The van der Waals surface area contributed by atoms with Gasteiger partial charge in [-0.25, -0.2) is 19.5 Å². The molecule has 3 N–H and O–H groups in total. The van der Waals surface area contributed by atoms with Gasteiger partial charge in [0.15, 0.2) is 5.65 Å². The van der Waals surface area contributed by atoms with Crippen LogP contribution in [-0.2, 0) is 6.42 Å². The first-order valence-corrected chi connectivity index (χ1v) is 11.4. The van der Waals surface area contributed by atoms with E-state index in [1.54, 1.807) is 17.2 Å². The van der Waals surface area contributed by atoms with Crippen LogP contribution in [0.3, 0.4) is 0 Å². The van der Waals surface area contributed by atoms with Crippen molar-refractivity contribution in [1.82, 2.24) is 29.5 Å². The second-order valence-corrected chi connectivity index (χ2v) is 8.82. The molecule has 0 aliphatic rings. The van der Waals surface area contributed by atoms with Gasteiger partial charge in [0, 0.05) is 29.9 Å². The van der Waals surface area contributed by atoms with Gasteiger partial charge in [-0.2, -0.15) is 5.10 Å². The SMILES string of the molecule is Cc1cc(Nc2ncnc3cc(OCCN(C)C)c(N)cc23)ccc1Cc1ccn2ncnc2c1. The maximum absolute atomic E-state index is 6.28. The van der Waals surface area contributed by atoms with Gasteiger partial charge >= 0.3 is 0 Å². The fourth-order valence-corrected chi connectivity index (χ4v) is 3.96. The smallest absolute Gasteiger partial charge is 0.155 e. The number of aromatic nitrogens is 5. The Balaban J connectivity index is 1.35. The number of rotatable bonds is 8. The number of ether oxygens (including phenoxy) is 1. The molecular formula is C26H28N8O. The average molecular weight is 469 g/mol. The number of benzene rings is 2. The summed E-state index contributed by atoms with van der Waals surface area (Å²) >= 11 is 0. The molecule has 5 rings (SSSR count). The first-order chi connectivity index (χ1) is 17.0. The molecule has 35 heavy (non-hydrogen) atoms. The third-order valence-electron chi connectivity index (χ3n) is 5.91. The van der Waals surface area contributed by atoms with Crippen LogP contribution in [-0.4, -0.2) is 56.7 Å². The van der Waals surface area contributed by atoms with Crippen LogP contribution in [0, 0.1) is 6.92 Å². The molecule has 178 valence electrons. The first-order valence-electron chi connectivity index (χ1n) is 11.4. The number of nitrogens with zero attached hydrogens (tertiary/aromatic N) is 6. The first kappa shape index (κ1) is 22.5. The lowest BCUT2D eigenvalue weighted by molar-refractivity contribution is 0.262.